The number of benzene rings is 2. The molecule has 3 heterocycles. The Bertz CT molecular complexity index is 1490. The third-order valence-corrected chi connectivity index (χ3v) is 7.99. The number of rotatable bonds is 12. The van der Waals surface area contributed by atoms with Gasteiger partial charge in [0.2, 0.25) is 17.7 Å². The van der Waals surface area contributed by atoms with Crippen LogP contribution in [0.15, 0.2) is 60.7 Å². The highest BCUT2D eigenvalue weighted by atomic mass is 16.5. The van der Waals surface area contributed by atoms with Gasteiger partial charge in [0.05, 0.1) is 25.3 Å². The fourth-order valence-corrected chi connectivity index (χ4v) is 5.88. The average Bonchev–Trinajstić information content (AvgIpc) is 3.40. The fraction of sp³-hybridized carbons (Fsp3) is 0.424. The number of nitrogens with two attached hydrogens (primary N) is 1. The molecule has 1 fully saturated rings. The van der Waals surface area contributed by atoms with Crippen LogP contribution in [0.5, 0.6) is 11.8 Å². The molecule has 1 amide bonds. The Labute approximate surface area is 247 Å². The van der Waals surface area contributed by atoms with E-state index in [9.17, 15) is 4.79 Å². The molecule has 2 N–H and O–H groups in total. The van der Waals surface area contributed by atoms with Gasteiger partial charge in [-0.3, -0.25) is 4.79 Å². The number of aromatic nitrogens is 3. The molecule has 2 atom stereocenters. The molecule has 222 valence electrons. The molecule has 2 aromatic heterocycles. The van der Waals surface area contributed by atoms with Gasteiger partial charge in [-0.2, -0.15) is 4.98 Å². The van der Waals surface area contributed by atoms with E-state index < -0.39 is 0 Å². The quantitative estimate of drug-likeness (QED) is 0.243. The largest absolute Gasteiger partial charge is 0.481 e. The lowest BCUT2D eigenvalue weighted by Crippen LogP contribution is -2.42. The normalized spacial score (nSPS) is 16.0. The van der Waals surface area contributed by atoms with E-state index in [0.717, 1.165) is 65.9 Å². The molecule has 0 bridgehead atoms. The van der Waals surface area contributed by atoms with Crippen molar-refractivity contribution in [2.24, 2.45) is 5.73 Å². The smallest absolute Gasteiger partial charge is 0.224 e. The van der Waals surface area contributed by atoms with Gasteiger partial charge < -0.3 is 29.4 Å². The fourth-order valence-electron chi connectivity index (χ4n) is 5.88. The van der Waals surface area contributed by atoms with Gasteiger partial charge in [-0.05, 0) is 55.0 Å². The topological polar surface area (TPSA) is 105 Å². The minimum Gasteiger partial charge on any atom is -0.481 e. The number of likely N-dealkylation sites (tertiary alicyclic amines) is 1. The summed E-state index contributed by atoms with van der Waals surface area (Å²) >= 11 is 0. The van der Waals surface area contributed by atoms with E-state index in [1.807, 2.05) is 47.4 Å². The average molecular weight is 572 g/mol. The van der Waals surface area contributed by atoms with Crippen molar-refractivity contribution in [1.29, 1.82) is 0 Å². The molecule has 1 saturated heterocycles. The van der Waals surface area contributed by atoms with Crippen molar-refractivity contribution in [2.45, 2.75) is 50.6 Å². The number of methoxy groups -OCH3 is 3. The Morgan fingerprint density at radius 1 is 1.02 bits per heavy atom. The van der Waals surface area contributed by atoms with Crippen molar-refractivity contribution in [3.63, 3.8) is 0 Å². The maximum atomic E-state index is 13.4. The van der Waals surface area contributed by atoms with Gasteiger partial charge in [-0.1, -0.05) is 36.4 Å². The number of ether oxygens (including phenoxy) is 3. The molecule has 0 saturated carbocycles. The van der Waals surface area contributed by atoms with Crippen LogP contribution in [0.3, 0.4) is 0 Å². The highest BCUT2D eigenvalue weighted by Crippen LogP contribution is 2.32. The van der Waals surface area contributed by atoms with Crippen LogP contribution in [0.25, 0.3) is 22.2 Å². The van der Waals surface area contributed by atoms with Gasteiger partial charge >= 0.3 is 0 Å². The lowest BCUT2D eigenvalue weighted by molar-refractivity contribution is -0.132. The number of amides is 1. The third kappa shape index (κ3) is 6.74. The zero-order chi connectivity index (χ0) is 29.5. The summed E-state index contributed by atoms with van der Waals surface area (Å²) in [6.07, 6.45) is 3.83. The number of piperidine rings is 1. The summed E-state index contributed by atoms with van der Waals surface area (Å²) in [4.78, 5) is 24.8. The van der Waals surface area contributed by atoms with Crippen LogP contribution in [0, 0.1) is 0 Å². The van der Waals surface area contributed by atoms with Crippen molar-refractivity contribution < 1.29 is 19.0 Å². The van der Waals surface area contributed by atoms with Crippen molar-refractivity contribution >= 4 is 16.9 Å². The van der Waals surface area contributed by atoms with E-state index >= 15 is 0 Å². The summed E-state index contributed by atoms with van der Waals surface area (Å²) in [6, 6.07) is 19.9. The highest BCUT2D eigenvalue weighted by molar-refractivity contribution is 5.78. The van der Waals surface area contributed by atoms with E-state index in [2.05, 4.69) is 27.8 Å². The van der Waals surface area contributed by atoms with E-state index in [1.165, 1.54) is 0 Å². The number of hydrogen-bond donors (Lipinski definition) is 1. The molecular weight excluding hydrogens is 530 g/mol. The predicted octanol–water partition coefficient (Wildman–Crippen LogP) is 4.82. The van der Waals surface area contributed by atoms with Crippen molar-refractivity contribution in [1.82, 2.24) is 19.4 Å². The van der Waals surface area contributed by atoms with Gasteiger partial charge in [-0.15, -0.1) is 0 Å². The van der Waals surface area contributed by atoms with Crippen LogP contribution >= 0.6 is 0 Å². The lowest BCUT2D eigenvalue weighted by Gasteiger charge is -2.33. The Hall–Kier alpha value is -3.95. The molecule has 9 heteroatoms. The summed E-state index contributed by atoms with van der Waals surface area (Å²) in [5.41, 5.74) is 11.6. The molecule has 5 rings (SSSR count). The number of aryl methyl sites for hydroxylation is 1. The summed E-state index contributed by atoms with van der Waals surface area (Å²) in [5.74, 6) is 2.39. The maximum Gasteiger partial charge on any atom is 0.224 e. The number of pyridine rings is 1. The van der Waals surface area contributed by atoms with E-state index in [-0.39, 0.29) is 17.9 Å². The second kappa shape index (κ2) is 13.8. The van der Waals surface area contributed by atoms with Crippen LogP contribution in [0.2, 0.25) is 0 Å². The molecule has 2 unspecified atom stereocenters. The first kappa shape index (κ1) is 29.5. The molecule has 0 spiro atoms. The molecule has 1 aliphatic heterocycles. The number of hydrogen-bond acceptors (Lipinski definition) is 7. The van der Waals surface area contributed by atoms with Gasteiger partial charge in [0.15, 0.2) is 0 Å². The second-order valence-electron chi connectivity index (χ2n) is 10.9. The number of fused-ring (bicyclic) bond motifs is 1. The molecular formula is C33H41N5O4. The zero-order valence-corrected chi connectivity index (χ0v) is 24.8. The lowest BCUT2D eigenvalue weighted by atomic mass is 9.95. The summed E-state index contributed by atoms with van der Waals surface area (Å²) < 4.78 is 18.3. The number of carbonyl (C=O) groups excluding carboxylic acids is 1. The van der Waals surface area contributed by atoms with E-state index in [4.69, 9.17) is 24.9 Å². The SMILES string of the molecule is COCCCn1c(C2CCCN(C(=O)CC(N)Cc3ccc(-c4ccc(OC)nc4OC)cc3)C2)nc2ccccc21. The first-order valence-corrected chi connectivity index (χ1v) is 14.7. The summed E-state index contributed by atoms with van der Waals surface area (Å²) in [5, 5.41) is 0. The Kier molecular flexibility index (Phi) is 9.71. The highest BCUT2D eigenvalue weighted by Gasteiger charge is 2.29. The Balaban J connectivity index is 1.21. The number of imidazole rings is 1. The molecule has 4 aromatic rings. The third-order valence-electron chi connectivity index (χ3n) is 7.99. The van der Waals surface area contributed by atoms with Crippen molar-refractivity contribution in [3.8, 4) is 22.9 Å². The first-order chi connectivity index (χ1) is 20.5. The van der Waals surface area contributed by atoms with Crippen LogP contribution < -0.4 is 15.2 Å². The van der Waals surface area contributed by atoms with Crippen LogP contribution in [0.4, 0.5) is 0 Å². The first-order valence-electron chi connectivity index (χ1n) is 14.7. The summed E-state index contributed by atoms with van der Waals surface area (Å²) in [7, 11) is 4.91. The monoisotopic (exact) mass is 571 g/mol. The van der Waals surface area contributed by atoms with Crippen LogP contribution in [-0.2, 0) is 22.5 Å². The minimum absolute atomic E-state index is 0.111. The number of para-hydroxylation sites is 2. The zero-order valence-electron chi connectivity index (χ0n) is 24.8. The van der Waals surface area contributed by atoms with Gasteiger partial charge in [0.25, 0.3) is 0 Å². The van der Waals surface area contributed by atoms with Crippen molar-refractivity contribution in [2.75, 3.05) is 41.0 Å². The molecule has 1 aliphatic rings. The Morgan fingerprint density at radius 2 is 1.83 bits per heavy atom. The summed E-state index contributed by atoms with van der Waals surface area (Å²) in [6.45, 7) is 2.98. The van der Waals surface area contributed by atoms with Gasteiger partial charge in [-0.25, -0.2) is 4.98 Å². The van der Waals surface area contributed by atoms with E-state index in [1.54, 1.807) is 21.3 Å². The molecule has 9 nitrogen and oxygen atoms in total. The molecule has 42 heavy (non-hydrogen) atoms. The second-order valence-corrected chi connectivity index (χ2v) is 10.9. The number of carbonyl (C=O) groups is 1. The maximum absolute atomic E-state index is 13.4. The number of nitrogens with zero attached hydrogens (tertiary/aromatic N) is 4. The molecule has 2 aromatic carbocycles. The molecule has 0 radical (unpaired) electrons. The van der Waals surface area contributed by atoms with Gasteiger partial charge in [0, 0.05) is 63.4 Å². The van der Waals surface area contributed by atoms with Gasteiger partial charge in [0.1, 0.15) is 5.82 Å². The van der Waals surface area contributed by atoms with Crippen LogP contribution in [-0.4, -0.2) is 72.4 Å². The van der Waals surface area contributed by atoms with Crippen LogP contribution in [0.1, 0.15) is 43.0 Å². The Morgan fingerprint density at radius 3 is 2.60 bits per heavy atom. The standard InChI is InChI=1S/C33H41N5O4/c1-40-19-7-18-38-29-10-5-4-9-28(29)35-32(38)25-8-6-17-37(22-25)31(39)21-26(34)20-23-11-13-24(14-12-23)27-15-16-30(41-2)36-33(27)42-3/h4-5,9-16,25-26H,6-8,17-22,34H2,1-3H3. The van der Waals surface area contributed by atoms with E-state index in [0.29, 0.717) is 37.8 Å². The predicted molar refractivity (Wildman–Crippen MR) is 164 cm³/mol. The molecule has 0 aliphatic carbocycles. The minimum atomic E-state index is -0.264. The van der Waals surface area contributed by atoms with Crippen molar-refractivity contribution in [3.05, 3.63) is 72.1 Å².